The van der Waals surface area contributed by atoms with Crippen molar-refractivity contribution in [3.63, 3.8) is 0 Å². The van der Waals surface area contributed by atoms with Gasteiger partial charge in [-0.05, 0) is 35.1 Å². The average molecular weight is 894 g/mol. The minimum Gasteiger partial charge on any atom is -0.480 e. The Kier molecular flexibility index (Phi) is 29.7. The number of fused-ring (bicyclic) bond motifs is 3. The van der Waals surface area contributed by atoms with E-state index in [2.05, 4.69) is 31.3 Å². The van der Waals surface area contributed by atoms with Crippen LogP contribution in [0, 0.1) is 0 Å². The van der Waals surface area contributed by atoms with Gasteiger partial charge >= 0.3 is 24.0 Å². The molecule has 2 aromatic carbocycles. The monoisotopic (exact) mass is 894 g/mol. The highest BCUT2D eigenvalue weighted by molar-refractivity contribution is 7.99. The quantitative estimate of drug-likeness (QED) is 0.0383. The first-order valence-electron chi connectivity index (χ1n) is 25.1. The number of carboxylic acid groups (broad SMARTS) is 1. The Balaban J connectivity index is 1.39. The SMILES string of the molecule is CCCCCCCCCCCCCCCC(=O)OC[C@H](CSC[C@H](NC(=O)OCC1c2ccccc2-c2ccccc21)C(=O)O)OC(=O)CCCCCCCCCCCCCCC. The summed E-state index contributed by atoms with van der Waals surface area (Å²) in [6.07, 6.45) is 30.8. The molecule has 0 saturated carbocycles. The van der Waals surface area contributed by atoms with Crippen molar-refractivity contribution in [2.75, 3.05) is 24.7 Å². The molecule has 2 aromatic rings. The second-order valence-electron chi connectivity index (χ2n) is 17.7. The molecule has 0 bridgehead atoms. The first-order valence-corrected chi connectivity index (χ1v) is 26.3. The molecular weight excluding hydrogens is 811 g/mol. The van der Waals surface area contributed by atoms with Crippen molar-refractivity contribution < 1.29 is 38.5 Å². The number of carboxylic acids is 1. The number of ether oxygens (including phenoxy) is 3. The number of carbonyl (C=O) groups is 4. The maximum absolute atomic E-state index is 13.0. The van der Waals surface area contributed by atoms with Crippen molar-refractivity contribution in [1.82, 2.24) is 5.32 Å². The molecule has 2 atom stereocenters. The van der Waals surface area contributed by atoms with E-state index < -0.39 is 24.2 Å². The van der Waals surface area contributed by atoms with Gasteiger partial charge in [0.15, 0.2) is 0 Å². The summed E-state index contributed by atoms with van der Waals surface area (Å²) in [6.45, 7) is 4.48. The van der Waals surface area contributed by atoms with Crippen molar-refractivity contribution in [2.45, 2.75) is 212 Å². The smallest absolute Gasteiger partial charge is 0.407 e. The van der Waals surface area contributed by atoms with Crippen molar-refractivity contribution >= 4 is 35.8 Å². The lowest BCUT2D eigenvalue weighted by Crippen LogP contribution is -2.43. The Hall–Kier alpha value is -3.53. The minimum absolute atomic E-state index is 0.0132. The molecule has 1 amide bonds. The van der Waals surface area contributed by atoms with E-state index in [0.717, 1.165) is 60.8 Å². The maximum Gasteiger partial charge on any atom is 0.407 e. The topological polar surface area (TPSA) is 128 Å². The zero-order chi connectivity index (χ0) is 45.2. The summed E-state index contributed by atoms with van der Waals surface area (Å²) in [4.78, 5) is 50.8. The number of alkyl carbamates (subject to hydrolysis) is 1. The summed E-state index contributed by atoms with van der Waals surface area (Å²) in [5.74, 6) is -1.78. The lowest BCUT2D eigenvalue weighted by Gasteiger charge is -2.20. The predicted octanol–water partition coefficient (Wildman–Crippen LogP) is 14.1. The van der Waals surface area contributed by atoms with Crippen LogP contribution in [0.3, 0.4) is 0 Å². The highest BCUT2D eigenvalue weighted by Gasteiger charge is 2.30. The van der Waals surface area contributed by atoms with Gasteiger partial charge in [-0.3, -0.25) is 9.59 Å². The van der Waals surface area contributed by atoms with Crippen LogP contribution in [0.15, 0.2) is 48.5 Å². The van der Waals surface area contributed by atoms with Gasteiger partial charge in [0.2, 0.25) is 0 Å². The van der Waals surface area contributed by atoms with Crippen LogP contribution in [-0.2, 0) is 28.6 Å². The molecule has 0 fully saturated rings. The number of thioether (sulfide) groups is 1. The van der Waals surface area contributed by atoms with Gasteiger partial charge in [-0.25, -0.2) is 9.59 Å². The maximum atomic E-state index is 13.0. The molecule has 2 N–H and O–H groups in total. The predicted molar refractivity (Wildman–Crippen MR) is 258 cm³/mol. The Bertz CT molecular complexity index is 1500. The first-order chi connectivity index (χ1) is 30.8. The fourth-order valence-electron chi connectivity index (χ4n) is 8.47. The number of nitrogens with one attached hydrogen (secondary N) is 1. The van der Waals surface area contributed by atoms with Gasteiger partial charge in [-0.1, -0.05) is 216 Å². The average Bonchev–Trinajstić information content (AvgIpc) is 3.60. The van der Waals surface area contributed by atoms with Crippen LogP contribution in [0.25, 0.3) is 11.1 Å². The molecule has 0 unspecified atom stereocenters. The molecule has 63 heavy (non-hydrogen) atoms. The fourth-order valence-corrected chi connectivity index (χ4v) is 9.49. The molecule has 0 saturated heterocycles. The summed E-state index contributed by atoms with van der Waals surface area (Å²) in [5.41, 5.74) is 4.34. The minimum atomic E-state index is -1.23. The Morgan fingerprint density at radius 2 is 0.968 bits per heavy atom. The lowest BCUT2D eigenvalue weighted by atomic mass is 9.98. The van der Waals surface area contributed by atoms with Crippen molar-refractivity contribution in [2.24, 2.45) is 0 Å². The van der Waals surface area contributed by atoms with Crippen LogP contribution in [0.5, 0.6) is 0 Å². The van der Waals surface area contributed by atoms with Crippen LogP contribution in [0.1, 0.15) is 211 Å². The second kappa shape index (κ2) is 34.8. The van der Waals surface area contributed by atoms with Crippen molar-refractivity contribution in [3.05, 3.63) is 59.7 Å². The van der Waals surface area contributed by atoms with Crippen molar-refractivity contribution in [3.8, 4) is 11.1 Å². The number of hydrogen-bond acceptors (Lipinski definition) is 8. The van der Waals surface area contributed by atoms with Gasteiger partial charge in [-0.15, -0.1) is 0 Å². The van der Waals surface area contributed by atoms with Gasteiger partial charge in [0.25, 0.3) is 0 Å². The van der Waals surface area contributed by atoms with Gasteiger partial charge < -0.3 is 24.6 Å². The zero-order valence-electron chi connectivity index (χ0n) is 39.2. The van der Waals surface area contributed by atoms with Gasteiger partial charge in [0.05, 0.1) is 0 Å². The third-order valence-corrected chi connectivity index (χ3v) is 13.4. The number of benzene rings is 2. The molecule has 0 spiro atoms. The number of carbonyl (C=O) groups excluding carboxylic acids is 3. The summed E-state index contributed by atoms with van der Waals surface area (Å²) in [7, 11) is 0. The number of rotatable bonds is 39. The molecule has 9 nitrogen and oxygen atoms in total. The van der Waals surface area contributed by atoms with E-state index in [1.54, 1.807) is 0 Å². The summed E-state index contributed by atoms with van der Waals surface area (Å²) in [6, 6.07) is 14.8. The number of unbranched alkanes of at least 4 members (excludes halogenated alkanes) is 24. The van der Waals surface area contributed by atoms with E-state index in [-0.39, 0.29) is 49.0 Å². The molecule has 3 rings (SSSR count). The van der Waals surface area contributed by atoms with E-state index in [9.17, 15) is 24.3 Å². The largest absolute Gasteiger partial charge is 0.480 e. The molecule has 0 aromatic heterocycles. The van der Waals surface area contributed by atoms with Crippen LogP contribution in [0.2, 0.25) is 0 Å². The summed E-state index contributed by atoms with van der Waals surface area (Å²) in [5, 5.41) is 12.5. The highest BCUT2D eigenvalue weighted by atomic mass is 32.2. The van der Waals surface area contributed by atoms with Crippen LogP contribution < -0.4 is 5.32 Å². The van der Waals surface area contributed by atoms with E-state index >= 15 is 0 Å². The third-order valence-electron chi connectivity index (χ3n) is 12.2. The van der Waals surface area contributed by atoms with E-state index in [1.807, 2.05) is 36.4 Å². The number of esters is 2. The van der Waals surface area contributed by atoms with Crippen LogP contribution in [0.4, 0.5) is 4.79 Å². The van der Waals surface area contributed by atoms with Crippen molar-refractivity contribution in [1.29, 1.82) is 0 Å². The normalized spacial score (nSPS) is 12.9. The van der Waals surface area contributed by atoms with Gasteiger partial charge in [-0.2, -0.15) is 11.8 Å². The van der Waals surface area contributed by atoms with E-state index in [4.69, 9.17) is 14.2 Å². The Morgan fingerprint density at radius 1 is 0.556 bits per heavy atom. The lowest BCUT2D eigenvalue weighted by molar-refractivity contribution is -0.157. The number of hydrogen-bond donors (Lipinski definition) is 2. The van der Waals surface area contributed by atoms with Crippen LogP contribution in [-0.4, -0.2) is 66.0 Å². The highest BCUT2D eigenvalue weighted by Crippen LogP contribution is 2.44. The van der Waals surface area contributed by atoms with Gasteiger partial charge in [0.1, 0.15) is 25.4 Å². The van der Waals surface area contributed by atoms with Gasteiger partial charge in [0, 0.05) is 30.3 Å². The Labute approximate surface area is 385 Å². The summed E-state index contributed by atoms with van der Waals surface area (Å²) >= 11 is 1.22. The number of amides is 1. The Morgan fingerprint density at radius 3 is 1.41 bits per heavy atom. The zero-order valence-corrected chi connectivity index (χ0v) is 40.0. The summed E-state index contributed by atoms with van der Waals surface area (Å²) < 4.78 is 17.0. The first kappa shape index (κ1) is 53.8. The van der Waals surface area contributed by atoms with Crippen LogP contribution >= 0.6 is 11.8 Å². The standard InChI is InChI=1S/C53H83NO8S/c1-3-5-7-9-11-13-15-17-19-21-23-25-27-37-50(55)60-39-43(62-51(56)38-28-26-24-22-20-18-16-14-12-10-8-6-4-2)41-63-42-49(52(57)58)54-53(59)61-40-48-46-35-31-29-33-44(46)45-34-30-32-36-47(45)48/h29-36,43,48-49H,3-28,37-42H2,1-2H3,(H,54,59)(H,57,58)/t43-,49+/m1/s1. The molecule has 0 radical (unpaired) electrons. The fraction of sp³-hybridized carbons (Fsp3) is 0.698. The molecular formula is C53H83NO8S. The van der Waals surface area contributed by atoms with E-state index in [1.165, 1.54) is 140 Å². The molecule has 1 aliphatic rings. The second-order valence-corrected chi connectivity index (χ2v) is 18.8. The molecule has 354 valence electrons. The number of aliphatic carboxylic acids is 1. The third kappa shape index (κ3) is 23.8. The molecule has 10 heteroatoms. The molecule has 1 aliphatic carbocycles. The van der Waals surface area contributed by atoms with E-state index in [0.29, 0.717) is 6.42 Å². The molecule has 0 aliphatic heterocycles. The molecule has 0 heterocycles.